The molecule has 56 heavy (non-hydrogen) atoms. The number of allylic oxidation sites excluding steroid dienone is 14. The second-order valence-corrected chi connectivity index (χ2v) is 17.3. The first-order chi connectivity index (χ1) is 26.8. The molecule has 0 amide bonds. The molecule has 5 heterocycles. The van der Waals surface area contributed by atoms with Crippen molar-refractivity contribution >= 4 is 11.6 Å². The van der Waals surface area contributed by atoms with E-state index < -0.39 is 32.6 Å². The lowest BCUT2D eigenvalue weighted by Crippen LogP contribution is -2.70. The van der Waals surface area contributed by atoms with Crippen molar-refractivity contribution in [3.63, 3.8) is 0 Å². The van der Waals surface area contributed by atoms with Gasteiger partial charge in [-0.05, 0) is 166 Å². The van der Waals surface area contributed by atoms with Crippen LogP contribution in [0.4, 0.5) is 0 Å². The standard InChI is InChI=1S/C45H45ClN10/c1-26-27(2)41(53-22-12-17-48-53)29(4)31(6)43(55-24-14-19-50-55)33(8)35(10)45(56-25-15-20-51-56)34(9)32(7)42(54-23-13-18-49-54)30(5)28(3)40(26,52-21-11-16-47-52)36-37(41)39(43)44(45,46)38(36)42/h11-25H,1-10H3/t40-,41+,42-,43+,44?,45?. The van der Waals surface area contributed by atoms with Gasteiger partial charge < -0.3 is 0 Å². The highest BCUT2D eigenvalue weighted by atomic mass is 35.5. The molecule has 6 atom stereocenters. The Kier molecular flexibility index (Phi) is 6.09. The van der Waals surface area contributed by atoms with Crippen molar-refractivity contribution in [2.75, 3.05) is 0 Å². The van der Waals surface area contributed by atoms with Gasteiger partial charge in [-0.3, -0.25) is 23.4 Å². The molecule has 0 N–H and O–H groups in total. The largest absolute Gasteiger partial charge is 0.256 e. The first-order valence-electron chi connectivity index (χ1n) is 19.5. The van der Waals surface area contributed by atoms with Gasteiger partial charge in [-0.25, -0.2) is 0 Å². The molecule has 5 aromatic heterocycles. The zero-order chi connectivity index (χ0) is 39.1. The number of aromatic nitrogens is 10. The molecule has 0 spiro atoms. The highest BCUT2D eigenvalue weighted by Crippen LogP contribution is 2.82. The molecule has 6 aliphatic carbocycles. The van der Waals surface area contributed by atoms with Gasteiger partial charge in [0.15, 0.2) is 0 Å². The Balaban J connectivity index is 1.54. The quantitative estimate of drug-likeness (QED) is 0.133. The van der Waals surface area contributed by atoms with E-state index in [1.54, 1.807) is 0 Å². The molecular formula is C45H45ClN10. The van der Waals surface area contributed by atoms with Crippen molar-refractivity contribution in [1.82, 2.24) is 48.9 Å². The van der Waals surface area contributed by atoms with E-state index in [1.807, 2.05) is 61.3 Å². The van der Waals surface area contributed by atoms with Crippen LogP contribution in [0.3, 0.4) is 0 Å². The molecule has 2 unspecified atom stereocenters. The third-order valence-corrected chi connectivity index (χ3v) is 16.5. The average Bonchev–Trinajstić information content (AvgIpc) is 4.03. The van der Waals surface area contributed by atoms with Crippen molar-refractivity contribution < 1.29 is 0 Å². The smallest absolute Gasteiger partial charge is 0.132 e. The summed E-state index contributed by atoms with van der Waals surface area (Å²) in [7, 11) is 0. The van der Waals surface area contributed by atoms with Crippen LogP contribution in [0, 0.1) is 0 Å². The predicted molar refractivity (Wildman–Crippen MR) is 216 cm³/mol. The van der Waals surface area contributed by atoms with Gasteiger partial charge in [-0.2, -0.15) is 25.5 Å². The number of alkyl halides is 1. The molecule has 0 saturated carbocycles. The van der Waals surface area contributed by atoms with E-state index >= 15 is 0 Å². The minimum atomic E-state index is -1.26. The van der Waals surface area contributed by atoms with Crippen LogP contribution in [-0.4, -0.2) is 53.8 Å². The molecule has 5 aromatic rings. The van der Waals surface area contributed by atoms with Crippen molar-refractivity contribution in [2.45, 2.75) is 102 Å². The minimum absolute atomic E-state index is 0.841. The lowest BCUT2D eigenvalue weighted by atomic mass is 9.47. The number of hydrogen-bond donors (Lipinski definition) is 0. The molecule has 0 bridgehead atoms. The highest BCUT2D eigenvalue weighted by molar-refractivity contribution is 6.32. The Morgan fingerprint density at radius 3 is 0.893 bits per heavy atom. The third kappa shape index (κ3) is 2.84. The summed E-state index contributed by atoms with van der Waals surface area (Å²) in [5.74, 6) is 0. The fourth-order valence-corrected chi connectivity index (χ4v) is 14.3. The van der Waals surface area contributed by atoms with Gasteiger partial charge in [0, 0.05) is 73.1 Å². The van der Waals surface area contributed by atoms with Crippen LogP contribution >= 0.6 is 11.6 Å². The normalized spacial score (nSPS) is 34.6. The number of nitrogens with zero attached hydrogens (tertiary/aromatic N) is 10. The highest BCUT2D eigenvalue weighted by Gasteiger charge is 2.82. The summed E-state index contributed by atoms with van der Waals surface area (Å²) in [6, 6.07) is 10.2. The summed E-state index contributed by atoms with van der Waals surface area (Å²) in [6.45, 7) is 23.0. The first-order valence-corrected chi connectivity index (χ1v) is 19.9. The van der Waals surface area contributed by atoms with E-state index in [4.69, 9.17) is 25.5 Å². The fourth-order valence-electron chi connectivity index (χ4n) is 13.5. The summed E-state index contributed by atoms with van der Waals surface area (Å²) in [6.07, 6.45) is 20.0. The van der Waals surface area contributed by atoms with Gasteiger partial charge in [0.05, 0.1) is 0 Å². The second kappa shape index (κ2) is 10.1. The predicted octanol–water partition coefficient (Wildman–Crippen LogP) is 8.28. The number of hydrogen-bond acceptors (Lipinski definition) is 5. The van der Waals surface area contributed by atoms with Crippen molar-refractivity contribution in [1.29, 1.82) is 0 Å². The van der Waals surface area contributed by atoms with E-state index in [9.17, 15) is 11.6 Å². The Labute approximate surface area is 331 Å². The average molecular weight is 761 g/mol. The van der Waals surface area contributed by atoms with Crippen LogP contribution in [0.2, 0.25) is 0 Å². The summed E-state index contributed by atoms with van der Waals surface area (Å²) >= 11 is 9.40. The van der Waals surface area contributed by atoms with Crippen LogP contribution in [0.15, 0.2) is 170 Å². The van der Waals surface area contributed by atoms with Crippen LogP contribution in [-0.2, 0) is 27.7 Å². The maximum absolute atomic E-state index is 9.40. The molecule has 0 fully saturated rings. The summed E-state index contributed by atoms with van der Waals surface area (Å²) in [5, 5.41) is 25.9. The molecule has 0 aromatic carbocycles. The van der Waals surface area contributed by atoms with E-state index in [1.165, 1.54) is 44.6 Å². The second-order valence-electron chi connectivity index (χ2n) is 16.7. The third-order valence-electron chi connectivity index (χ3n) is 15.9. The van der Waals surface area contributed by atoms with Crippen LogP contribution < -0.4 is 0 Å². The summed E-state index contributed by atoms with van der Waals surface area (Å²) < 4.78 is 10.9. The maximum Gasteiger partial charge on any atom is 0.132 e. The fraction of sp³-hybridized carbons (Fsp3) is 0.356. The molecule has 0 radical (unpaired) electrons. The molecule has 11 rings (SSSR count). The van der Waals surface area contributed by atoms with E-state index in [0.717, 1.165) is 33.4 Å². The molecule has 6 aliphatic rings. The number of rotatable bonds is 5. The Morgan fingerprint density at radius 1 is 0.357 bits per heavy atom. The zero-order valence-corrected chi connectivity index (χ0v) is 34.3. The molecular weight excluding hydrogens is 716 g/mol. The van der Waals surface area contributed by atoms with E-state index in [-0.39, 0.29) is 0 Å². The Morgan fingerprint density at radius 2 is 0.607 bits per heavy atom. The van der Waals surface area contributed by atoms with Gasteiger partial charge in [-0.15, -0.1) is 11.6 Å². The van der Waals surface area contributed by atoms with Gasteiger partial charge in [0.1, 0.15) is 32.6 Å². The number of halogens is 1. The topological polar surface area (TPSA) is 89.1 Å². The Bertz CT molecular complexity index is 2630. The van der Waals surface area contributed by atoms with E-state index in [0.29, 0.717) is 0 Å². The van der Waals surface area contributed by atoms with Gasteiger partial charge in [-0.1, -0.05) is 0 Å². The summed E-state index contributed by atoms with van der Waals surface area (Å²) in [4.78, 5) is -1.26. The van der Waals surface area contributed by atoms with E-state index in [2.05, 4.69) is 124 Å². The Hall–Kier alpha value is -5.48. The molecule has 282 valence electrons. The zero-order valence-electron chi connectivity index (χ0n) is 33.5. The van der Waals surface area contributed by atoms with Crippen molar-refractivity contribution in [2.24, 2.45) is 0 Å². The SMILES string of the molecule is CC1=C(C)[C@]2(n3cccn3)C(C)=C(C)[C@]3(n4cccn4)C(C)=C(C)[C@]4(n5cccn5)C(C)=C(C)[C@]5(n6cccn6)C(C)=C(C)C1(n1cccn1)C1(Cl)C2=C3C4=C15. The monoisotopic (exact) mass is 760 g/mol. The van der Waals surface area contributed by atoms with Crippen LogP contribution in [0.25, 0.3) is 0 Å². The first kappa shape index (κ1) is 33.8. The van der Waals surface area contributed by atoms with Crippen LogP contribution in [0.5, 0.6) is 0 Å². The van der Waals surface area contributed by atoms with Crippen molar-refractivity contribution in [3.8, 4) is 0 Å². The minimum Gasteiger partial charge on any atom is -0.256 e. The molecule has 11 heteroatoms. The lowest BCUT2D eigenvalue weighted by molar-refractivity contribution is 0.206. The van der Waals surface area contributed by atoms with Crippen LogP contribution in [0.1, 0.15) is 69.2 Å². The molecule has 0 saturated heterocycles. The lowest BCUT2D eigenvalue weighted by Gasteiger charge is -2.65. The molecule has 10 nitrogen and oxygen atoms in total. The van der Waals surface area contributed by atoms with Gasteiger partial charge in [0.25, 0.3) is 0 Å². The maximum atomic E-state index is 9.40. The van der Waals surface area contributed by atoms with Crippen molar-refractivity contribution in [3.05, 3.63) is 170 Å². The van der Waals surface area contributed by atoms with Gasteiger partial charge >= 0.3 is 0 Å². The molecule has 0 aliphatic heterocycles. The summed E-state index contributed by atoms with van der Waals surface area (Å²) in [5.41, 5.74) is 11.8. The van der Waals surface area contributed by atoms with Gasteiger partial charge in [0.2, 0.25) is 0 Å².